The first-order chi connectivity index (χ1) is 9.09. The first kappa shape index (κ1) is 20.1. The molecule has 0 bridgehead atoms. The van der Waals surface area contributed by atoms with Gasteiger partial charge < -0.3 is 20.0 Å². The van der Waals surface area contributed by atoms with Crippen LogP contribution in [-0.4, -0.2) is 91.2 Å². The van der Waals surface area contributed by atoms with E-state index in [2.05, 4.69) is 11.8 Å². The van der Waals surface area contributed by atoms with Crippen LogP contribution in [0.25, 0.3) is 0 Å². The van der Waals surface area contributed by atoms with Crippen LogP contribution in [0.1, 0.15) is 0 Å². The van der Waals surface area contributed by atoms with Crippen molar-refractivity contribution in [2.75, 3.05) is 48.3 Å². The number of urea groups is 1. The standard InChI is InChI=1S/C10H19N3O.C2H2O4/c1-11(2)8-6-7-9-13(5)10(14)12(3)4;3-1(4)2(5)6/h8-9H2,1-5H3;(H,3,4)(H,5,6). The third kappa shape index (κ3) is 12.2. The molecule has 2 amide bonds. The van der Waals surface area contributed by atoms with Crippen molar-refractivity contribution in [1.29, 1.82) is 0 Å². The molecule has 114 valence electrons. The highest BCUT2D eigenvalue weighted by Crippen LogP contribution is 1.88. The van der Waals surface area contributed by atoms with Crippen LogP contribution in [0.5, 0.6) is 0 Å². The summed E-state index contributed by atoms with van der Waals surface area (Å²) in [6.45, 7) is 1.20. The van der Waals surface area contributed by atoms with Gasteiger partial charge in [0.05, 0.1) is 13.1 Å². The van der Waals surface area contributed by atoms with Gasteiger partial charge in [-0.1, -0.05) is 11.8 Å². The Labute approximate surface area is 118 Å². The summed E-state index contributed by atoms with van der Waals surface area (Å²) in [5.41, 5.74) is 0. The fourth-order valence-corrected chi connectivity index (χ4v) is 0.798. The molecule has 0 radical (unpaired) electrons. The van der Waals surface area contributed by atoms with Gasteiger partial charge in [0.2, 0.25) is 0 Å². The van der Waals surface area contributed by atoms with Crippen LogP contribution in [0.3, 0.4) is 0 Å². The van der Waals surface area contributed by atoms with Crippen molar-refractivity contribution in [3.63, 3.8) is 0 Å². The van der Waals surface area contributed by atoms with E-state index in [4.69, 9.17) is 19.8 Å². The number of aliphatic carboxylic acids is 2. The van der Waals surface area contributed by atoms with Gasteiger partial charge in [0, 0.05) is 21.1 Å². The lowest BCUT2D eigenvalue weighted by Crippen LogP contribution is -2.36. The Hall–Kier alpha value is -2.27. The Morgan fingerprint density at radius 2 is 1.25 bits per heavy atom. The summed E-state index contributed by atoms with van der Waals surface area (Å²) >= 11 is 0. The van der Waals surface area contributed by atoms with Gasteiger partial charge in [-0.05, 0) is 14.1 Å². The molecule has 0 aliphatic carbocycles. The maximum Gasteiger partial charge on any atom is 0.414 e. The van der Waals surface area contributed by atoms with Gasteiger partial charge in [-0.15, -0.1) is 0 Å². The first-order valence-corrected chi connectivity index (χ1v) is 5.58. The molecule has 0 aromatic rings. The Morgan fingerprint density at radius 3 is 1.55 bits per heavy atom. The number of carbonyl (C=O) groups is 3. The highest BCUT2D eigenvalue weighted by Gasteiger charge is 2.07. The van der Waals surface area contributed by atoms with E-state index in [0.29, 0.717) is 6.54 Å². The number of nitrogens with zero attached hydrogens (tertiary/aromatic N) is 3. The van der Waals surface area contributed by atoms with Crippen molar-refractivity contribution in [3.05, 3.63) is 0 Å². The number of amides is 2. The summed E-state index contributed by atoms with van der Waals surface area (Å²) in [4.78, 5) is 34.7. The lowest BCUT2D eigenvalue weighted by molar-refractivity contribution is -0.159. The monoisotopic (exact) mass is 287 g/mol. The summed E-state index contributed by atoms with van der Waals surface area (Å²) in [6.07, 6.45) is 0. The van der Waals surface area contributed by atoms with Gasteiger partial charge in [0.1, 0.15) is 0 Å². The first-order valence-electron chi connectivity index (χ1n) is 5.58. The zero-order chi connectivity index (χ0) is 16.3. The van der Waals surface area contributed by atoms with Crippen LogP contribution >= 0.6 is 0 Å². The van der Waals surface area contributed by atoms with Gasteiger partial charge in [-0.2, -0.15) is 0 Å². The Balaban J connectivity index is 0. The second-order valence-electron chi connectivity index (χ2n) is 4.23. The van der Waals surface area contributed by atoms with Crippen molar-refractivity contribution >= 4 is 18.0 Å². The summed E-state index contributed by atoms with van der Waals surface area (Å²) in [5, 5.41) is 14.8. The average Bonchev–Trinajstić information content (AvgIpc) is 2.33. The normalized spacial score (nSPS) is 8.70. The van der Waals surface area contributed by atoms with E-state index >= 15 is 0 Å². The van der Waals surface area contributed by atoms with Crippen molar-refractivity contribution < 1.29 is 24.6 Å². The van der Waals surface area contributed by atoms with E-state index in [1.165, 1.54) is 4.90 Å². The third-order valence-electron chi connectivity index (χ3n) is 1.73. The summed E-state index contributed by atoms with van der Waals surface area (Å²) in [5.74, 6) is 2.26. The van der Waals surface area contributed by atoms with Crippen LogP contribution in [0.2, 0.25) is 0 Å². The van der Waals surface area contributed by atoms with E-state index in [1.807, 2.05) is 19.0 Å². The minimum atomic E-state index is -1.82. The molecule has 20 heavy (non-hydrogen) atoms. The van der Waals surface area contributed by atoms with E-state index in [-0.39, 0.29) is 6.03 Å². The average molecular weight is 287 g/mol. The van der Waals surface area contributed by atoms with E-state index in [0.717, 1.165) is 6.54 Å². The summed E-state index contributed by atoms with van der Waals surface area (Å²) < 4.78 is 0. The molecule has 0 aliphatic rings. The Morgan fingerprint density at radius 1 is 0.850 bits per heavy atom. The lowest BCUT2D eigenvalue weighted by atomic mass is 10.5. The molecule has 0 fully saturated rings. The summed E-state index contributed by atoms with van der Waals surface area (Å²) in [6, 6.07) is -0.0239. The highest BCUT2D eigenvalue weighted by molar-refractivity contribution is 6.27. The topological polar surface area (TPSA) is 101 Å². The Bertz CT molecular complexity index is 384. The molecule has 0 heterocycles. The van der Waals surface area contributed by atoms with E-state index in [9.17, 15) is 4.79 Å². The number of carbonyl (C=O) groups excluding carboxylic acids is 1. The van der Waals surface area contributed by atoms with Crippen molar-refractivity contribution in [3.8, 4) is 11.8 Å². The van der Waals surface area contributed by atoms with Crippen LogP contribution in [0, 0.1) is 11.8 Å². The van der Waals surface area contributed by atoms with Crippen LogP contribution < -0.4 is 0 Å². The molecule has 0 unspecified atom stereocenters. The molecule has 0 saturated heterocycles. The second-order valence-corrected chi connectivity index (χ2v) is 4.23. The molecule has 0 saturated carbocycles. The van der Waals surface area contributed by atoms with Crippen LogP contribution in [-0.2, 0) is 9.59 Å². The molecule has 0 aliphatic heterocycles. The second kappa shape index (κ2) is 10.6. The fraction of sp³-hybridized carbons (Fsp3) is 0.583. The molecule has 0 atom stereocenters. The molecule has 0 rings (SSSR count). The molecular formula is C12H21N3O5. The summed E-state index contributed by atoms with van der Waals surface area (Å²) in [7, 11) is 9.12. The molecule has 8 heteroatoms. The van der Waals surface area contributed by atoms with Gasteiger partial charge in [-0.25, -0.2) is 14.4 Å². The molecule has 0 aromatic heterocycles. The van der Waals surface area contributed by atoms with E-state index in [1.54, 1.807) is 26.0 Å². The smallest absolute Gasteiger partial charge is 0.414 e. The van der Waals surface area contributed by atoms with Gasteiger partial charge in [0.15, 0.2) is 0 Å². The van der Waals surface area contributed by atoms with Gasteiger partial charge in [0.25, 0.3) is 0 Å². The number of hydrogen-bond acceptors (Lipinski definition) is 4. The van der Waals surface area contributed by atoms with E-state index < -0.39 is 11.9 Å². The maximum atomic E-state index is 11.3. The fourth-order valence-electron chi connectivity index (χ4n) is 0.798. The van der Waals surface area contributed by atoms with Crippen LogP contribution in [0.15, 0.2) is 0 Å². The Kier molecular flexibility index (Phi) is 10.7. The molecule has 8 nitrogen and oxygen atoms in total. The van der Waals surface area contributed by atoms with Crippen LogP contribution in [0.4, 0.5) is 4.79 Å². The molecule has 2 N–H and O–H groups in total. The largest absolute Gasteiger partial charge is 0.473 e. The number of carboxylic acid groups (broad SMARTS) is 2. The lowest BCUT2D eigenvalue weighted by Gasteiger charge is -2.19. The van der Waals surface area contributed by atoms with Crippen molar-refractivity contribution in [2.45, 2.75) is 0 Å². The van der Waals surface area contributed by atoms with Gasteiger partial charge >= 0.3 is 18.0 Å². The zero-order valence-electron chi connectivity index (χ0n) is 12.4. The van der Waals surface area contributed by atoms with Crippen molar-refractivity contribution in [1.82, 2.24) is 14.7 Å². The minimum Gasteiger partial charge on any atom is -0.473 e. The number of rotatable bonds is 2. The zero-order valence-corrected chi connectivity index (χ0v) is 12.4. The third-order valence-corrected chi connectivity index (χ3v) is 1.73. The predicted molar refractivity (Wildman–Crippen MR) is 73.3 cm³/mol. The van der Waals surface area contributed by atoms with Gasteiger partial charge in [-0.3, -0.25) is 4.90 Å². The highest BCUT2D eigenvalue weighted by atomic mass is 16.4. The SMILES string of the molecule is CN(C)CC#CCN(C)C(=O)N(C)C.O=C(O)C(=O)O. The minimum absolute atomic E-state index is 0.0239. The molecule has 0 spiro atoms. The predicted octanol–water partition coefficient (Wildman–Crippen LogP) is -0.680. The number of hydrogen-bond donors (Lipinski definition) is 2. The quantitative estimate of drug-likeness (QED) is 0.515. The van der Waals surface area contributed by atoms with Crippen molar-refractivity contribution in [2.24, 2.45) is 0 Å². The maximum absolute atomic E-state index is 11.3. The number of carboxylic acids is 2. The molecular weight excluding hydrogens is 266 g/mol. The molecule has 0 aromatic carbocycles.